The molecule has 0 saturated carbocycles. The molecule has 8 nitrogen and oxygen atoms in total. The number of nitrogens with two attached hydrogens (primary N) is 1. The molecule has 1 atom stereocenters. The fourth-order valence-electron chi connectivity index (χ4n) is 3.99. The molecule has 2 aliphatic heterocycles. The molecular weight excluding hydrogens is 413 g/mol. The van der Waals surface area contributed by atoms with Crippen LogP contribution in [0.15, 0.2) is 52.4 Å². The van der Waals surface area contributed by atoms with Gasteiger partial charge in [-0.25, -0.2) is 19.4 Å². The predicted molar refractivity (Wildman–Crippen MR) is 118 cm³/mol. The van der Waals surface area contributed by atoms with Crippen LogP contribution in [0.3, 0.4) is 0 Å². The summed E-state index contributed by atoms with van der Waals surface area (Å²) in [6.07, 6.45) is 1.79. The van der Waals surface area contributed by atoms with Crippen molar-refractivity contribution in [1.29, 1.82) is 0 Å². The van der Waals surface area contributed by atoms with Gasteiger partial charge in [0, 0.05) is 17.7 Å². The molecule has 1 amide bonds. The Morgan fingerprint density at radius 2 is 1.97 bits per heavy atom. The molecule has 164 valence electrons. The number of halogens is 1. The van der Waals surface area contributed by atoms with E-state index in [1.54, 1.807) is 38.1 Å². The van der Waals surface area contributed by atoms with Gasteiger partial charge in [0.25, 0.3) is 0 Å². The average Bonchev–Trinajstić information content (AvgIpc) is 3.00. The fourth-order valence-corrected chi connectivity index (χ4v) is 3.99. The Morgan fingerprint density at radius 3 is 2.56 bits per heavy atom. The van der Waals surface area contributed by atoms with Gasteiger partial charge in [-0.15, -0.1) is 0 Å². The highest BCUT2D eigenvalue weighted by atomic mass is 19.1. The average molecular weight is 435 g/mol. The quantitative estimate of drug-likeness (QED) is 0.638. The number of aryl methyl sites for hydroxylation is 1. The Labute approximate surface area is 183 Å². The first kappa shape index (κ1) is 21.4. The Hall–Kier alpha value is -3.88. The summed E-state index contributed by atoms with van der Waals surface area (Å²) in [5, 5.41) is 11.6. The van der Waals surface area contributed by atoms with Gasteiger partial charge in [0.05, 0.1) is 11.4 Å². The molecule has 0 fully saturated rings. The maximum atomic E-state index is 13.4. The third-order valence-corrected chi connectivity index (χ3v) is 5.76. The topological polar surface area (TPSA) is 131 Å². The Morgan fingerprint density at radius 1 is 1.28 bits per heavy atom. The van der Waals surface area contributed by atoms with E-state index >= 15 is 0 Å². The second kappa shape index (κ2) is 7.67. The van der Waals surface area contributed by atoms with Crippen molar-refractivity contribution in [3.8, 4) is 0 Å². The first-order chi connectivity index (χ1) is 15.1. The van der Waals surface area contributed by atoms with Gasteiger partial charge in [-0.3, -0.25) is 9.59 Å². The van der Waals surface area contributed by atoms with E-state index in [0.717, 1.165) is 5.56 Å². The number of fused-ring (bicyclic) bond motifs is 1. The number of carbonyl (C=O) groups is 2. The SMILES string of the molecule is CC1=C(/C=C(\C)F)C(c2nc(N)c3c(n2)NC(=O)[C@@]3(C)c2ccc(CCC(=O)O)cc2)=N1. The summed E-state index contributed by atoms with van der Waals surface area (Å²) in [6.45, 7) is 4.84. The van der Waals surface area contributed by atoms with Gasteiger partial charge in [0.2, 0.25) is 5.91 Å². The van der Waals surface area contributed by atoms with E-state index in [-0.39, 0.29) is 29.8 Å². The molecule has 0 radical (unpaired) electrons. The molecule has 1 aromatic heterocycles. The largest absolute Gasteiger partial charge is 0.481 e. The van der Waals surface area contributed by atoms with E-state index in [1.807, 2.05) is 0 Å². The lowest BCUT2D eigenvalue weighted by Gasteiger charge is -2.24. The summed E-state index contributed by atoms with van der Waals surface area (Å²) in [4.78, 5) is 36.9. The standard InChI is InChI=1S/C23H22FN5O3/c1-11(24)10-15-12(2)26-18(15)21-27-19(25)17-20(28-21)29-22(32)23(17,3)14-7-4-13(5-8-14)6-9-16(30)31/h4-5,7-8,10H,6,9H2,1-3H3,(H,30,31)(H3,25,27,28,29,32)/b11-10+/t23-/m0/s1. The number of aromatic nitrogens is 2. The Bertz CT molecular complexity index is 1240. The maximum Gasteiger partial charge on any atom is 0.303 e. The van der Waals surface area contributed by atoms with Gasteiger partial charge in [0.1, 0.15) is 22.8 Å². The van der Waals surface area contributed by atoms with Crippen LogP contribution < -0.4 is 11.1 Å². The van der Waals surface area contributed by atoms with Gasteiger partial charge in [0.15, 0.2) is 5.82 Å². The molecule has 3 heterocycles. The first-order valence-electron chi connectivity index (χ1n) is 10.1. The summed E-state index contributed by atoms with van der Waals surface area (Å²) in [5.74, 6) is -0.893. The zero-order valence-corrected chi connectivity index (χ0v) is 17.9. The minimum absolute atomic E-state index is 0.0282. The molecule has 2 aromatic rings. The van der Waals surface area contributed by atoms with E-state index in [2.05, 4.69) is 20.3 Å². The van der Waals surface area contributed by atoms with Crippen LogP contribution in [0.5, 0.6) is 0 Å². The number of nitrogens with zero attached hydrogens (tertiary/aromatic N) is 3. The number of nitrogen functional groups attached to an aromatic ring is 1. The molecule has 2 aliphatic rings. The maximum absolute atomic E-state index is 13.4. The van der Waals surface area contributed by atoms with Crippen LogP contribution in [0.2, 0.25) is 0 Å². The molecule has 32 heavy (non-hydrogen) atoms. The normalized spacial score (nSPS) is 19.9. The minimum Gasteiger partial charge on any atom is -0.481 e. The number of benzene rings is 1. The summed E-state index contributed by atoms with van der Waals surface area (Å²) < 4.78 is 13.4. The highest BCUT2D eigenvalue weighted by molar-refractivity contribution is 6.18. The van der Waals surface area contributed by atoms with Crippen LogP contribution in [0.1, 0.15) is 49.7 Å². The third kappa shape index (κ3) is 3.45. The van der Waals surface area contributed by atoms with Gasteiger partial charge in [-0.05, 0) is 44.4 Å². The molecule has 0 bridgehead atoms. The number of carboxylic acid groups (broad SMARTS) is 1. The number of aliphatic imine (C=N–C) groups is 1. The number of rotatable bonds is 6. The number of aliphatic carboxylic acids is 1. The highest BCUT2D eigenvalue weighted by Gasteiger charge is 2.47. The number of amides is 1. The van der Waals surface area contributed by atoms with E-state index in [4.69, 9.17) is 10.8 Å². The van der Waals surface area contributed by atoms with Crippen molar-refractivity contribution < 1.29 is 19.1 Å². The zero-order chi connectivity index (χ0) is 23.2. The number of carbonyl (C=O) groups excluding carboxylic acids is 1. The van der Waals surface area contributed by atoms with Crippen LogP contribution in [0.25, 0.3) is 0 Å². The lowest BCUT2D eigenvalue weighted by atomic mass is 9.77. The Kier molecular flexibility index (Phi) is 5.12. The smallest absolute Gasteiger partial charge is 0.303 e. The summed E-state index contributed by atoms with van der Waals surface area (Å²) in [6, 6.07) is 7.17. The van der Waals surface area contributed by atoms with Crippen molar-refractivity contribution >= 4 is 29.2 Å². The first-order valence-corrected chi connectivity index (χ1v) is 10.1. The van der Waals surface area contributed by atoms with E-state index < -0.39 is 11.4 Å². The number of carboxylic acids is 1. The van der Waals surface area contributed by atoms with Crippen molar-refractivity contribution in [3.05, 3.63) is 70.0 Å². The van der Waals surface area contributed by atoms with E-state index in [0.29, 0.717) is 40.3 Å². The van der Waals surface area contributed by atoms with Crippen molar-refractivity contribution in [2.45, 2.75) is 39.0 Å². The number of anilines is 2. The lowest BCUT2D eigenvalue weighted by Crippen LogP contribution is -2.33. The second-order valence-corrected chi connectivity index (χ2v) is 8.02. The second-order valence-electron chi connectivity index (χ2n) is 8.02. The van der Waals surface area contributed by atoms with Crippen LogP contribution >= 0.6 is 0 Å². The van der Waals surface area contributed by atoms with Gasteiger partial charge in [-0.2, -0.15) is 0 Å². The van der Waals surface area contributed by atoms with Gasteiger partial charge >= 0.3 is 5.97 Å². The van der Waals surface area contributed by atoms with Crippen molar-refractivity contribution in [2.24, 2.45) is 4.99 Å². The summed E-state index contributed by atoms with van der Waals surface area (Å²) in [7, 11) is 0. The molecule has 4 N–H and O–H groups in total. The van der Waals surface area contributed by atoms with Crippen LogP contribution in [-0.4, -0.2) is 32.7 Å². The molecule has 0 aliphatic carbocycles. The van der Waals surface area contributed by atoms with E-state index in [1.165, 1.54) is 13.0 Å². The number of allylic oxidation sites excluding steroid dienone is 4. The zero-order valence-electron chi connectivity index (χ0n) is 17.9. The van der Waals surface area contributed by atoms with Crippen LogP contribution in [0, 0.1) is 0 Å². The molecule has 0 saturated heterocycles. The number of hydrogen-bond acceptors (Lipinski definition) is 6. The summed E-state index contributed by atoms with van der Waals surface area (Å²) >= 11 is 0. The molecule has 9 heteroatoms. The molecule has 0 spiro atoms. The minimum atomic E-state index is -1.12. The summed E-state index contributed by atoms with van der Waals surface area (Å²) in [5.41, 5.74) is 8.84. The number of hydrogen-bond donors (Lipinski definition) is 3. The fraction of sp³-hybridized carbons (Fsp3) is 0.261. The number of nitrogens with one attached hydrogen (secondary N) is 1. The van der Waals surface area contributed by atoms with Gasteiger partial charge in [-0.1, -0.05) is 24.3 Å². The Balaban J connectivity index is 1.70. The van der Waals surface area contributed by atoms with Crippen LogP contribution in [0.4, 0.5) is 16.0 Å². The third-order valence-electron chi connectivity index (χ3n) is 5.76. The monoisotopic (exact) mass is 435 g/mol. The highest BCUT2D eigenvalue weighted by Crippen LogP contribution is 2.44. The predicted octanol–water partition coefficient (Wildman–Crippen LogP) is 3.28. The van der Waals surface area contributed by atoms with E-state index in [9.17, 15) is 14.0 Å². The lowest BCUT2D eigenvalue weighted by molar-refractivity contribution is -0.137. The molecule has 0 unspecified atom stereocenters. The molecular formula is C23H22FN5O3. The van der Waals surface area contributed by atoms with Crippen molar-refractivity contribution in [1.82, 2.24) is 9.97 Å². The van der Waals surface area contributed by atoms with Gasteiger partial charge < -0.3 is 16.2 Å². The van der Waals surface area contributed by atoms with Crippen LogP contribution in [-0.2, 0) is 21.4 Å². The molecule has 4 rings (SSSR count). The van der Waals surface area contributed by atoms with Crippen molar-refractivity contribution in [2.75, 3.05) is 11.1 Å². The van der Waals surface area contributed by atoms with Crippen molar-refractivity contribution in [3.63, 3.8) is 0 Å². The molecule has 1 aromatic carbocycles.